The molecule has 1 saturated heterocycles. The number of esters is 1. The molecule has 1 aromatic carbocycles. The van der Waals surface area contributed by atoms with Crippen molar-refractivity contribution in [1.82, 2.24) is 4.90 Å². The molecule has 1 aromatic rings. The molecule has 2 aliphatic rings. The van der Waals surface area contributed by atoms with Crippen LogP contribution in [0.15, 0.2) is 24.3 Å². The van der Waals surface area contributed by atoms with Crippen LogP contribution in [-0.2, 0) is 9.53 Å². The number of hydrogen-bond acceptors (Lipinski definition) is 4. The molecule has 6 heteroatoms. The molecule has 3 rings (SSSR count). The van der Waals surface area contributed by atoms with Crippen LogP contribution in [0.3, 0.4) is 0 Å². The van der Waals surface area contributed by atoms with Crippen LogP contribution in [0.25, 0.3) is 0 Å². The van der Waals surface area contributed by atoms with Gasteiger partial charge in [-0.25, -0.2) is 9.59 Å². The van der Waals surface area contributed by atoms with E-state index < -0.39 is 6.04 Å². The Bertz CT molecular complexity index is 661. The van der Waals surface area contributed by atoms with Crippen molar-refractivity contribution in [2.45, 2.75) is 63.8 Å². The van der Waals surface area contributed by atoms with Gasteiger partial charge in [-0.15, -0.1) is 11.8 Å². The van der Waals surface area contributed by atoms with Gasteiger partial charge in [0.2, 0.25) is 0 Å². The quantitative estimate of drug-likeness (QED) is 0.734. The van der Waals surface area contributed by atoms with Crippen LogP contribution in [0.5, 0.6) is 0 Å². The molecule has 2 amide bonds. The molecule has 1 aliphatic carbocycles. The van der Waals surface area contributed by atoms with Crippen LogP contribution in [-0.4, -0.2) is 40.7 Å². The van der Waals surface area contributed by atoms with Crippen LogP contribution >= 0.6 is 11.8 Å². The van der Waals surface area contributed by atoms with E-state index in [2.05, 4.69) is 5.32 Å². The van der Waals surface area contributed by atoms with E-state index in [-0.39, 0.29) is 17.4 Å². The Morgan fingerprint density at radius 2 is 1.96 bits per heavy atom. The first kappa shape index (κ1) is 20.1. The fourth-order valence-electron chi connectivity index (χ4n) is 3.94. The standard InChI is InChI=1S/C21H30N2O3S/c1-3-13-26-20(24)18-14-27-19(16-10-5-4-6-11-16)23(18)21(25)22-17-12-8-7-9-15(17)2/h7-9,12,16,18-19H,3-6,10-11,13-14H2,1-2H3,(H,22,25)/t18-,19+/m0/s1. The minimum absolute atomic E-state index is 0.0495. The first-order valence-corrected chi connectivity index (χ1v) is 11.1. The van der Waals surface area contributed by atoms with Gasteiger partial charge in [0.1, 0.15) is 6.04 Å². The van der Waals surface area contributed by atoms with Crippen molar-refractivity contribution in [2.75, 3.05) is 17.7 Å². The second-order valence-corrected chi connectivity index (χ2v) is 8.61. The zero-order valence-electron chi connectivity index (χ0n) is 16.3. The normalized spacial score (nSPS) is 23.3. The lowest BCUT2D eigenvalue weighted by atomic mass is 9.88. The Labute approximate surface area is 166 Å². The molecular weight excluding hydrogens is 360 g/mol. The topological polar surface area (TPSA) is 58.6 Å². The molecule has 2 fully saturated rings. The van der Waals surface area contributed by atoms with Gasteiger partial charge in [-0.05, 0) is 43.7 Å². The van der Waals surface area contributed by atoms with E-state index in [9.17, 15) is 9.59 Å². The minimum Gasteiger partial charge on any atom is -0.464 e. The summed E-state index contributed by atoms with van der Waals surface area (Å²) >= 11 is 1.73. The van der Waals surface area contributed by atoms with E-state index in [4.69, 9.17) is 4.74 Å². The van der Waals surface area contributed by atoms with Crippen LogP contribution in [0.4, 0.5) is 10.5 Å². The Balaban J connectivity index is 1.79. The molecule has 1 aliphatic heterocycles. The number of hydrogen-bond donors (Lipinski definition) is 1. The van der Waals surface area contributed by atoms with Crippen LogP contribution in [0.2, 0.25) is 0 Å². The SMILES string of the molecule is CCCOC(=O)[C@@H]1CS[C@H](C2CCCCC2)N1C(=O)Nc1ccccc1C. The number of thioether (sulfide) groups is 1. The number of amides is 2. The van der Waals surface area contributed by atoms with Gasteiger partial charge in [0, 0.05) is 11.4 Å². The maximum Gasteiger partial charge on any atom is 0.329 e. The number of ether oxygens (including phenoxy) is 1. The summed E-state index contributed by atoms with van der Waals surface area (Å²) in [4.78, 5) is 27.6. The Hall–Kier alpha value is -1.69. The first-order chi connectivity index (χ1) is 13.1. The van der Waals surface area contributed by atoms with Crippen molar-refractivity contribution in [2.24, 2.45) is 5.92 Å². The molecule has 148 valence electrons. The first-order valence-electron chi connectivity index (χ1n) is 10.0. The van der Waals surface area contributed by atoms with E-state index in [1.54, 1.807) is 16.7 Å². The highest BCUT2D eigenvalue weighted by molar-refractivity contribution is 8.00. The summed E-state index contributed by atoms with van der Waals surface area (Å²) in [6.45, 7) is 4.35. The number of nitrogens with one attached hydrogen (secondary N) is 1. The highest BCUT2D eigenvalue weighted by Crippen LogP contribution is 2.41. The van der Waals surface area contributed by atoms with Gasteiger partial charge in [-0.2, -0.15) is 0 Å². The van der Waals surface area contributed by atoms with Crippen molar-refractivity contribution in [1.29, 1.82) is 0 Å². The van der Waals surface area contributed by atoms with Crippen molar-refractivity contribution in [3.05, 3.63) is 29.8 Å². The van der Waals surface area contributed by atoms with Gasteiger partial charge in [0.25, 0.3) is 0 Å². The number of para-hydroxylation sites is 1. The summed E-state index contributed by atoms with van der Waals surface area (Å²) in [6, 6.07) is 7.04. The van der Waals surface area contributed by atoms with E-state index in [0.29, 0.717) is 18.3 Å². The fraction of sp³-hybridized carbons (Fsp3) is 0.619. The highest BCUT2D eigenvalue weighted by Gasteiger charge is 2.45. The third-order valence-corrected chi connectivity index (χ3v) is 6.89. The zero-order valence-corrected chi connectivity index (χ0v) is 17.1. The van der Waals surface area contributed by atoms with Crippen LogP contribution in [0.1, 0.15) is 51.0 Å². The summed E-state index contributed by atoms with van der Waals surface area (Å²) in [6.07, 6.45) is 6.73. The van der Waals surface area contributed by atoms with Gasteiger partial charge in [-0.1, -0.05) is 44.4 Å². The average Bonchev–Trinajstić information content (AvgIpc) is 3.14. The molecule has 5 nitrogen and oxygen atoms in total. The summed E-state index contributed by atoms with van der Waals surface area (Å²) < 4.78 is 5.39. The van der Waals surface area contributed by atoms with Crippen molar-refractivity contribution in [3.63, 3.8) is 0 Å². The summed E-state index contributed by atoms with van der Waals surface area (Å²) in [5.41, 5.74) is 1.81. The predicted octanol–water partition coefficient (Wildman–Crippen LogP) is 4.80. The summed E-state index contributed by atoms with van der Waals surface area (Å²) in [7, 11) is 0. The maximum atomic E-state index is 13.2. The monoisotopic (exact) mass is 390 g/mol. The van der Waals surface area contributed by atoms with E-state index in [1.807, 2.05) is 38.1 Å². The highest BCUT2D eigenvalue weighted by atomic mass is 32.2. The van der Waals surface area contributed by atoms with Crippen molar-refractivity contribution < 1.29 is 14.3 Å². The molecule has 0 aromatic heterocycles. The second kappa shape index (κ2) is 9.49. The van der Waals surface area contributed by atoms with Gasteiger partial charge < -0.3 is 10.1 Å². The number of rotatable bonds is 5. The smallest absolute Gasteiger partial charge is 0.329 e. The molecule has 1 N–H and O–H groups in total. The number of nitrogens with zero attached hydrogens (tertiary/aromatic N) is 1. The fourth-order valence-corrected chi connectivity index (χ4v) is 5.56. The van der Waals surface area contributed by atoms with Crippen molar-refractivity contribution in [3.8, 4) is 0 Å². The number of anilines is 1. The van der Waals surface area contributed by atoms with E-state index in [0.717, 1.165) is 30.5 Å². The van der Waals surface area contributed by atoms with E-state index in [1.165, 1.54) is 19.3 Å². The number of urea groups is 1. The van der Waals surface area contributed by atoms with Gasteiger partial charge in [-0.3, -0.25) is 4.90 Å². The Morgan fingerprint density at radius 1 is 1.22 bits per heavy atom. The predicted molar refractivity (Wildman–Crippen MR) is 110 cm³/mol. The molecule has 2 atom stereocenters. The molecule has 1 saturated carbocycles. The number of benzene rings is 1. The summed E-state index contributed by atoms with van der Waals surface area (Å²) in [5, 5.41) is 3.08. The molecule has 27 heavy (non-hydrogen) atoms. The summed E-state index contributed by atoms with van der Waals surface area (Å²) in [5.74, 6) is 0.795. The molecule has 0 bridgehead atoms. The zero-order chi connectivity index (χ0) is 19.2. The molecule has 0 radical (unpaired) electrons. The molecule has 0 spiro atoms. The Morgan fingerprint density at radius 3 is 2.67 bits per heavy atom. The van der Waals surface area contributed by atoms with Gasteiger partial charge in [0.05, 0.1) is 12.0 Å². The van der Waals surface area contributed by atoms with E-state index >= 15 is 0 Å². The Kier molecular flexibility index (Phi) is 7.05. The number of aryl methyl sites for hydroxylation is 1. The number of carbonyl (C=O) groups is 2. The molecule has 0 unspecified atom stereocenters. The van der Waals surface area contributed by atoms with Crippen LogP contribution in [0, 0.1) is 12.8 Å². The average molecular weight is 391 g/mol. The third-order valence-electron chi connectivity index (χ3n) is 5.43. The largest absolute Gasteiger partial charge is 0.464 e. The maximum absolute atomic E-state index is 13.2. The minimum atomic E-state index is -0.502. The molecular formula is C21H30N2O3S. The lowest BCUT2D eigenvalue weighted by Gasteiger charge is -2.35. The van der Waals surface area contributed by atoms with Crippen LogP contribution < -0.4 is 5.32 Å². The number of carbonyl (C=O) groups excluding carboxylic acids is 2. The molecule has 1 heterocycles. The van der Waals surface area contributed by atoms with Crippen molar-refractivity contribution >= 4 is 29.4 Å². The third kappa shape index (κ3) is 4.78. The van der Waals surface area contributed by atoms with Gasteiger partial charge >= 0.3 is 12.0 Å². The second-order valence-electron chi connectivity index (χ2n) is 7.46. The lowest BCUT2D eigenvalue weighted by molar-refractivity contribution is -0.148. The lowest BCUT2D eigenvalue weighted by Crippen LogP contribution is -2.50. The van der Waals surface area contributed by atoms with Gasteiger partial charge in [0.15, 0.2) is 0 Å².